The van der Waals surface area contributed by atoms with Gasteiger partial charge >= 0.3 is 5.97 Å². The predicted octanol–water partition coefficient (Wildman–Crippen LogP) is 5.14. The Morgan fingerprint density at radius 2 is 1.69 bits per heavy atom. The van der Waals surface area contributed by atoms with Gasteiger partial charge in [-0.2, -0.15) is 0 Å². The molecule has 190 valence electrons. The number of rotatable bonds is 11. The zero-order valence-corrected chi connectivity index (χ0v) is 21.5. The second-order valence-electron chi connectivity index (χ2n) is 7.76. The number of methoxy groups -OCH3 is 1. The molecule has 8 nitrogen and oxygen atoms in total. The molecule has 3 aromatic carbocycles. The first-order valence-corrected chi connectivity index (χ1v) is 13.1. The molecule has 0 aliphatic rings. The summed E-state index contributed by atoms with van der Waals surface area (Å²) < 4.78 is 38.5. The molecule has 0 radical (unpaired) electrons. The van der Waals surface area contributed by atoms with Gasteiger partial charge in [-0.1, -0.05) is 43.1 Å². The highest BCUT2D eigenvalue weighted by atomic mass is 35.5. The highest BCUT2D eigenvalue weighted by Gasteiger charge is 2.29. The van der Waals surface area contributed by atoms with Gasteiger partial charge in [0.1, 0.15) is 12.3 Å². The van der Waals surface area contributed by atoms with Crippen molar-refractivity contribution in [1.82, 2.24) is 0 Å². The van der Waals surface area contributed by atoms with E-state index in [0.717, 1.165) is 17.1 Å². The molecule has 0 saturated carbocycles. The molecule has 1 amide bonds. The number of hydrogen-bond acceptors (Lipinski definition) is 6. The molecule has 1 N–H and O–H groups in total. The van der Waals surface area contributed by atoms with Gasteiger partial charge in [0.05, 0.1) is 29.9 Å². The molecule has 10 heteroatoms. The van der Waals surface area contributed by atoms with Crippen LogP contribution in [0.5, 0.6) is 5.75 Å². The maximum Gasteiger partial charge on any atom is 0.338 e. The Kier molecular flexibility index (Phi) is 9.32. The van der Waals surface area contributed by atoms with E-state index in [2.05, 4.69) is 5.32 Å². The van der Waals surface area contributed by atoms with E-state index >= 15 is 0 Å². The monoisotopic (exact) mass is 530 g/mol. The fraction of sp³-hybridized carbons (Fsp3) is 0.231. The molecule has 36 heavy (non-hydrogen) atoms. The van der Waals surface area contributed by atoms with E-state index in [4.69, 9.17) is 21.1 Å². The number of nitrogens with zero attached hydrogens (tertiary/aromatic N) is 1. The Hall–Kier alpha value is -3.56. The molecule has 0 spiro atoms. The SMILES string of the molecule is CCCCOC(=O)c1ccc(NC(=O)CN(c2cc(Cl)ccc2OC)S(=O)(=O)c2ccccc2)cc1. The van der Waals surface area contributed by atoms with Crippen LogP contribution in [0.1, 0.15) is 30.1 Å². The van der Waals surface area contributed by atoms with Crippen molar-refractivity contribution in [2.75, 3.05) is 29.9 Å². The molecule has 0 atom stereocenters. The molecular formula is C26H27ClN2O6S. The van der Waals surface area contributed by atoms with Crippen LogP contribution in [0.25, 0.3) is 0 Å². The van der Waals surface area contributed by atoms with Crippen molar-refractivity contribution in [3.8, 4) is 5.75 Å². The maximum absolute atomic E-state index is 13.5. The second kappa shape index (κ2) is 12.4. The van der Waals surface area contributed by atoms with Crippen molar-refractivity contribution in [3.05, 3.63) is 83.4 Å². The van der Waals surface area contributed by atoms with Gasteiger partial charge in [0.2, 0.25) is 5.91 Å². The molecule has 0 bridgehead atoms. The fourth-order valence-corrected chi connectivity index (χ4v) is 4.90. The highest BCUT2D eigenvalue weighted by molar-refractivity contribution is 7.92. The van der Waals surface area contributed by atoms with Crippen LogP contribution < -0.4 is 14.4 Å². The number of hydrogen-bond donors (Lipinski definition) is 1. The third-order valence-electron chi connectivity index (χ3n) is 5.16. The minimum Gasteiger partial charge on any atom is -0.495 e. The zero-order valence-electron chi connectivity index (χ0n) is 19.9. The Balaban J connectivity index is 1.84. The van der Waals surface area contributed by atoms with Crippen LogP contribution >= 0.6 is 11.6 Å². The zero-order chi connectivity index (χ0) is 26.1. The lowest BCUT2D eigenvalue weighted by atomic mass is 10.2. The smallest absolute Gasteiger partial charge is 0.338 e. The van der Waals surface area contributed by atoms with Crippen LogP contribution in [0.3, 0.4) is 0 Å². The van der Waals surface area contributed by atoms with Gasteiger partial charge in [-0.15, -0.1) is 0 Å². The first kappa shape index (κ1) is 27.0. The van der Waals surface area contributed by atoms with Crippen molar-refractivity contribution in [2.45, 2.75) is 24.7 Å². The quantitative estimate of drug-likeness (QED) is 0.272. The van der Waals surface area contributed by atoms with Gasteiger partial charge in [0.25, 0.3) is 10.0 Å². The summed E-state index contributed by atoms with van der Waals surface area (Å²) in [6, 6.07) is 18.4. The topological polar surface area (TPSA) is 102 Å². The van der Waals surface area contributed by atoms with Crippen molar-refractivity contribution in [2.24, 2.45) is 0 Å². The van der Waals surface area contributed by atoms with Gasteiger partial charge in [-0.3, -0.25) is 9.10 Å². The summed E-state index contributed by atoms with van der Waals surface area (Å²) in [7, 11) is -2.75. The molecule has 3 aromatic rings. The number of halogens is 1. The van der Waals surface area contributed by atoms with Gasteiger partial charge in [0, 0.05) is 10.7 Å². The Bertz CT molecular complexity index is 1300. The summed E-state index contributed by atoms with van der Waals surface area (Å²) in [5.74, 6) is -0.818. The van der Waals surface area contributed by atoms with Crippen molar-refractivity contribution in [1.29, 1.82) is 0 Å². The number of nitrogens with one attached hydrogen (secondary N) is 1. The van der Waals surface area contributed by atoms with Crippen LogP contribution in [-0.2, 0) is 19.6 Å². The number of amides is 1. The minimum atomic E-state index is -4.15. The first-order valence-electron chi connectivity index (χ1n) is 11.2. The summed E-state index contributed by atoms with van der Waals surface area (Å²) in [4.78, 5) is 25.1. The number of benzene rings is 3. The molecule has 0 fully saturated rings. The third-order valence-corrected chi connectivity index (χ3v) is 7.17. The van der Waals surface area contributed by atoms with Crippen molar-refractivity contribution in [3.63, 3.8) is 0 Å². The van der Waals surface area contributed by atoms with E-state index in [1.165, 1.54) is 43.5 Å². The van der Waals surface area contributed by atoms with Gasteiger partial charge in [-0.05, 0) is 61.0 Å². The summed E-state index contributed by atoms with van der Waals surface area (Å²) in [5, 5.41) is 2.94. The largest absolute Gasteiger partial charge is 0.495 e. The van der Waals surface area contributed by atoms with Crippen LogP contribution in [0.15, 0.2) is 77.7 Å². The van der Waals surface area contributed by atoms with E-state index in [0.29, 0.717) is 17.9 Å². The molecule has 0 saturated heterocycles. The standard InChI is InChI=1S/C26H27ClN2O6S/c1-3-4-16-35-26(31)19-10-13-21(14-11-19)28-25(30)18-29(23-17-20(27)12-15-24(23)34-2)36(32,33)22-8-6-5-7-9-22/h5-15,17H,3-4,16,18H2,1-2H3,(H,28,30). The second-order valence-corrected chi connectivity index (χ2v) is 10.1. The number of esters is 1. The van der Waals surface area contributed by atoms with E-state index < -0.39 is 28.4 Å². The number of sulfonamides is 1. The fourth-order valence-electron chi connectivity index (χ4n) is 3.29. The van der Waals surface area contributed by atoms with Crippen LogP contribution in [0, 0.1) is 0 Å². The molecule has 0 aliphatic carbocycles. The van der Waals surface area contributed by atoms with E-state index in [9.17, 15) is 18.0 Å². The Labute approximate surface area is 215 Å². The number of anilines is 2. The lowest BCUT2D eigenvalue weighted by Crippen LogP contribution is -2.38. The van der Waals surface area contributed by atoms with Gasteiger partial charge in [0.15, 0.2) is 0 Å². The summed E-state index contributed by atoms with van der Waals surface area (Å²) in [5.41, 5.74) is 0.857. The van der Waals surface area contributed by atoms with Crippen LogP contribution in [-0.4, -0.2) is 40.6 Å². The molecule has 0 heterocycles. The predicted molar refractivity (Wildman–Crippen MR) is 139 cm³/mol. The highest BCUT2D eigenvalue weighted by Crippen LogP contribution is 2.34. The van der Waals surface area contributed by atoms with E-state index in [1.807, 2.05) is 6.92 Å². The van der Waals surface area contributed by atoms with Gasteiger partial charge in [-0.25, -0.2) is 13.2 Å². The number of carbonyl (C=O) groups excluding carboxylic acids is 2. The average molecular weight is 531 g/mol. The number of unbranched alkanes of at least 4 members (excludes halogenated alkanes) is 1. The van der Waals surface area contributed by atoms with Crippen molar-refractivity contribution >= 4 is 44.9 Å². The summed E-state index contributed by atoms with van der Waals surface area (Å²) >= 11 is 6.15. The lowest BCUT2D eigenvalue weighted by Gasteiger charge is -2.26. The molecule has 0 aromatic heterocycles. The molecular weight excluding hydrogens is 504 g/mol. The first-order chi connectivity index (χ1) is 17.3. The molecule has 3 rings (SSSR count). The summed E-state index contributed by atoms with van der Waals surface area (Å²) in [6.07, 6.45) is 1.69. The van der Waals surface area contributed by atoms with Crippen molar-refractivity contribution < 1.29 is 27.5 Å². The van der Waals surface area contributed by atoms with Crippen LogP contribution in [0.2, 0.25) is 5.02 Å². The average Bonchev–Trinajstić information content (AvgIpc) is 2.88. The summed E-state index contributed by atoms with van der Waals surface area (Å²) in [6.45, 7) is 1.79. The lowest BCUT2D eigenvalue weighted by molar-refractivity contribution is -0.114. The molecule has 0 unspecified atom stereocenters. The Morgan fingerprint density at radius 3 is 2.33 bits per heavy atom. The van der Waals surface area contributed by atoms with E-state index in [1.54, 1.807) is 36.4 Å². The Morgan fingerprint density at radius 1 is 1.00 bits per heavy atom. The normalized spacial score (nSPS) is 11.0. The molecule has 0 aliphatic heterocycles. The minimum absolute atomic E-state index is 0.00534. The third kappa shape index (κ3) is 6.77. The number of ether oxygens (including phenoxy) is 2. The van der Waals surface area contributed by atoms with E-state index in [-0.39, 0.29) is 21.4 Å². The number of carbonyl (C=O) groups is 2. The van der Waals surface area contributed by atoms with Gasteiger partial charge < -0.3 is 14.8 Å². The maximum atomic E-state index is 13.5. The van der Waals surface area contributed by atoms with Crippen LogP contribution in [0.4, 0.5) is 11.4 Å².